The van der Waals surface area contributed by atoms with Crippen LogP contribution in [0.15, 0.2) is 4.99 Å². The number of nitrogens with zero attached hydrogens (tertiary/aromatic N) is 1. The van der Waals surface area contributed by atoms with Crippen LogP contribution in [0.25, 0.3) is 0 Å². The van der Waals surface area contributed by atoms with Crippen molar-refractivity contribution in [2.24, 2.45) is 4.99 Å². The van der Waals surface area contributed by atoms with E-state index >= 15 is 0 Å². The molecule has 1 amide bonds. The zero-order valence-corrected chi connectivity index (χ0v) is 17.2. The summed E-state index contributed by atoms with van der Waals surface area (Å²) in [7, 11) is 1.26. The van der Waals surface area contributed by atoms with Gasteiger partial charge in [0, 0.05) is 17.9 Å². The van der Waals surface area contributed by atoms with Crippen molar-refractivity contribution in [3.05, 3.63) is 16.0 Å². The number of amides is 1. The Labute approximate surface area is 164 Å². The predicted molar refractivity (Wildman–Crippen MR) is 107 cm³/mol. The number of hydrogen-bond acceptors (Lipinski definition) is 9. The fourth-order valence-electron chi connectivity index (χ4n) is 2.16. The van der Waals surface area contributed by atoms with Crippen molar-refractivity contribution in [3.8, 4) is 0 Å². The number of carbonyl (C=O) groups is 3. The summed E-state index contributed by atoms with van der Waals surface area (Å²) in [5.41, 5.74) is 0.638. The van der Waals surface area contributed by atoms with Crippen molar-refractivity contribution in [2.75, 3.05) is 37.1 Å². The minimum Gasteiger partial charge on any atom is -0.465 e. The third kappa shape index (κ3) is 5.24. The quantitative estimate of drug-likeness (QED) is 0.682. The SMILES string of the molecule is CCOC(=O)c1sc(NC(=O)CCSC2=NCCS2)c(C(=O)OC)c1C. The maximum absolute atomic E-state index is 12.2. The summed E-state index contributed by atoms with van der Waals surface area (Å²) in [4.78, 5) is 41.0. The molecule has 0 saturated heterocycles. The molecule has 0 spiro atoms. The van der Waals surface area contributed by atoms with Gasteiger partial charge in [-0.2, -0.15) is 0 Å². The van der Waals surface area contributed by atoms with Gasteiger partial charge in [0.15, 0.2) is 0 Å². The number of esters is 2. The Morgan fingerprint density at radius 2 is 2.08 bits per heavy atom. The summed E-state index contributed by atoms with van der Waals surface area (Å²) in [6, 6.07) is 0. The summed E-state index contributed by atoms with van der Waals surface area (Å²) >= 11 is 4.26. The highest BCUT2D eigenvalue weighted by Gasteiger charge is 2.27. The van der Waals surface area contributed by atoms with Crippen LogP contribution in [0.1, 0.15) is 38.9 Å². The van der Waals surface area contributed by atoms with Gasteiger partial charge in [0.25, 0.3) is 0 Å². The van der Waals surface area contributed by atoms with E-state index in [-0.39, 0.29) is 29.4 Å². The van der Waals surface area contributed by atoms with Gasteiger partial charge >= 0.3 is 11.9 Å². The van der Waals surface area contributed by atoms with Crippen LogP contribution in [0, 0.1) is 6.92 Å². The first-order valence-electron chi connectivity index (χ1n) is 7.96. The second kappa shape index (κ2) is 9.98. The van der Waals surface area contributed by atoms with Crippen LogP contribution in [-0.4, -0.2) is 54.0 Å². The third-order valence-electron chi connectivity index (χ3n) is 3.36. The topological polar surface area (TPSA) is 94.1 Å². The Bertz CT molecular complexity index is 730. The molecule has 0 atom stereocenters. The molecule has 1 aliphatic rings. The van der Waals surface area contributed by atoms with E-state index in [4.69, 9.17) is 9.47 Å². The Hall–Kier alpha value is -1.52. The molecule has 0 aliphatic carbocycles. The minimum atomic E-state index is -0.601. The van der Waals surface area contributed by atoms with Gasteiger partial charge in [-0.1, -0.05) is 23.5 Å². The molecule has 2 heterocycles. The Morgan fingerprint density at radius 3 is 2.69 bits per heavy atom. The molecule has 1 aromatic rings. The largest absolute Gasteiger partial charge is 0.465 e. The molecular formula is C16H20N2O5S3. The lowest BCUT2D eigenvalue weighted by molar-refractivity contribution is -0.115. The van der Waals surface area contributed by atoms with Crippen molar-refractivity contribution < 1.29 is 23.9 Å². The summed E-state index contributed by atoms with van der Waals surface area (Å²) in [5.74, 6) is 0.230. The molecule has 0 bridgehead atoms. The van der Waals surface area contributed by atoms with Crippen LogP contribution >= 0.6 is 34.9 Å². The Kier molecular flexibility index (Phi) is 7.98. The molecule has 0 aromatic carbocycles. The first kappa shape index (κ1) is 20.8. The number of hydrogen-bond donors (Lipinski definition) is 1. The second-order valence-electron chi connectivity index (χ2n) is 5.12. The molecule has 10 heteroatoms. The third-order valence-corrected chi connectivity index (χ3v) is 6.80. The molecule has 0 fully saturated rings. The Balaban J connectivity index is 2.08. The van der Waals surface area contributed by atoms with Crippen molar-refractivity contribution in [2.45, 2.75) is 20.3 Å². The normalized spacial score (nSPS) is 13.3. The fraction of sp³-hybridized carbons (Fsp3) is 0.500. The molecule has 0 unspecified atom stereocenters. The van der Waals surface area contributed by atoms with E-state index in [1.807, 2.05) is 0 Å². The number of aliphatic imine (C=N–C) groups is 1. The minimum absolute atomic E-state index is 0.192. The van der Waals surface area contributed by atoms with Crippen LogP contribution in [0.4, 0.5) is 5.00 Å². The van der Waals surface area contributed by atoms with Gasteiger partial charge in [-0.05, 0) is 19.4 Å². The van der Waals surface area contributed by atoms with Gasteiger partial charge in [-0.15, -0.1) is 11.3 Å². The van der Waals surface area contributed by atoms with Crippen LogP contribution in [0.3, 0.4) is 0 Å². The van der Waals surface area contributed by atoms with Gasteiger partial charge in [-0.3, -0.25) is 9.79 Å². The van der Waals surface area contributed by atoms with Gasteiger partial charge < -0.3 is 14.8 Å². The lowest BCUT2D eigenvalue weighted by atomic mass is 10.1. The van der Waals surface area contributed by atoms with E-state index < -0.39 is 11.9 Å². The highest BCUT2D eigenvalue weighted by Crippen LogP contribution is 2.34. The van der Waals surface area contributed by atoms with E-state index in [1.54, 1.807) is 37.4 Å². The average molecular weight is 417 g/mol. The van der Waals surface area contributed by atoms with Crippen LogP contribution < -0.4 is 5.32 Å². The first-order valence-corrected chi connectivity index (χ1v) is 10.7. The van der Waals surface area contributed by atoms with Crippen LogP contribution in [0.2, 0.25) is 0 Å². The van der Waals surface area contributed by atoms with Crippen LogP contribution in [0.5, 0.6) is 0 Å². The number of rotatable bonds is 7. The molecule has 1 aromatic heterocycles. The summed E-state index contributed by atoms with van der Waals surface area (Å²) < 4.78 is 10.8. The van der Waals surface area contributed by atoms with E-state index in [0.29, 0.717) is 16.3 Å². The predicted octanol–water partition coefficient (Wildman–Crippen LogP) is 3.18. The molecule has 2 rings (SSSR count). The van der Waals surface area contributed by atoms with E-state index in [1.165, 1.54) is 7.11 Å². The monoisotopic (exact) mass is 416 g/mol. The van der Waals surface area contributed by atoms with Crippen molar-refractivity contribution in [1.29, 1.82) is 0 Å². The molecule has 7 nitrogen and oxygen atoms in total. The maximum Gasteiger partial charge on any atom is 0.348 e. The Morgan fingerprint density at radius 1 is 1.31 bits per heavy atom. The fourth-order valence-corrected chi connectivity index (χ4v) is 5.29. The number of thioether (sulfide) groups is 2. The molecule has 0 radical (unpaired) electrons. The first-order chi connectivity index (χ1) is 12.5. The van der Waals surface area contributed by atoms with Crippen molar-refractivity contribution >= 4 is 62.1 Å². The standard InChI is InChI=1S/C16H20N2O5S3/c1-4-23-15(21)12-9(2)11(14(20)22-3)13(26-12)18-10(19)5-7-24-16-17-6-8-25-16/h4-8H2,1-3H3,(H,18,19). The van der Waals surface area contributed by atoms with E-state index in [9.17, 15) is 14.4 Å². The molecule has 26 heavy (non-hydrogen) atoms. The lowest BCUT2D eigenvalue weighted by Crippen LogP contribution is -2.14. The van der Waals surface area contributed by atoms with Crippen molar-refractivity contribution in [3.63, 3.8) is 0 Å². The number of anilines is 1. The molecule has 1 N–H and O–H groups in total. The van der Waals surface area contributed by atoms with Crippen molar-refractivity contribution in [1.82, 2.24) is 0 Å². The van der Waals surface area contributed by atoms with Gasteiger partial charge in [0.2, 0.25) is 5.91 Å². The summed E-state index contributed by atoms with van der Waals surface area (Å²) in [6.45, 7) is 4.39. The summed E-state index contributed by atoms with van der Waals surface area (Å²) in [6.07, 6.45) is 0.274. The second-order valence-corrected chi connectivity index (χ2v) is 8.56. The van der Waals surface area contributed by atoms with Crippen LogP contribution in [-0.2, 0) is 14.3 Å². The number of ether oxygens (including phenoxy) is 2. The lowest BCUT2D eigenvalue weighted by Gasteiger charge is -2.06. The number of methoxy groups -OCH3 is 1. The number of carbonyl (C=O) groups excluding carboxylic acids is 3. The molecule has 1 aliphatic heterocycles. The highest BCUT2D eigenvalue weighted by molar-refractivity contribution is 8.39. The molecular weight excluding hydrogens is 396 g/mol. The van der Waals surface area contributed by atoms with Gasteiger partial charge in [0.1, 0.15) is 14.3 Å². The average Bonchev–Trinajstić information content (AvgIpc) is 3.22. The number of nitrogens with one attached hydrogen (secondary N) is 1. The molecule has 0 saturated carbocycles. The zero-order valence-electron chi connectivity index (χ0n) is 14.7. The van der Waals surface area contributed by atoms with Gasteiger partial charge in [-0.25, -0.2) is 9.59 Å². The van der Waals surface area contributed by atoms with Gasteiger partial charge in [0.05, 0.1) is 25.8 Å². The highest BCUT2D eigenvalue weighted by atomic mass is 32.2. The number of thiophene rings is 1. The van der Waals surface area contributed by atoms with E-state index in [2.05, 4.69) is 10.3 Å². The summed E-state index contributed by atoms with van der Waals surface area (Å²) in [5, 5.41) is 3.03. The molecule has 142 valence electrons. The maximum atomic E-state index is 12.2. The zero-order chi connectivity index (χ0) is 19.1. The smallest absolute Gasteiger partial charge is 0.348 e. The van der Waals surface area contributed by atoms with E-state index in [0.717, 1.165) is 28.0 Å².